The predicted molar refractivity (Wildman–Crippen MR) is 69.2 cm³/mol. The Balaban J connectivity index is 3.20. The molecule has 0 fully saturated rings. The number of esters is 1. The van der Waals surface area contributed by atoms with Crippen LogP contribution in [0.15, 0.2) is 12.1 Å². The topological polar surface area (TPSA) is 52.3 Å². The van der Waals surface area contributed by atoms with Gasteiger partial charge in [0.2, 0.25) is 0 Å². The molecule has 0 saturated carbocycles. The van der Waals surface area contributed by atoms with Crippen molar-refractivity contribution in [1.82, 2.24) is 0 Å². The van der Waals surface area contributed by atoms with E-state index in [-0.39, 0.29) is 11.5 Å². The van der Waals surface area contributed by atoms with E-state index < -0.39 is 0 Å². The molecule has 0 radical (unpaired) electrons. The molecule has 0 atom stereocenters. The van der Waals surface area contributed by atoms with E-state index >= 15 is 0 Å². The lowest BCUT2D eigenvalue weighted by Gasteiger charge is -2.21. The third-order valence-corrected chi connectivity index (χ3v) is 2.84. The quantitative estimate of drug-likeness (QED) is 0.818. The minimum atomic E-state index is -0.302. The average molecular weight is 235 g/mol. The van der Waals surface area contributed by atoms with Gasteiger partial charge in [0.1, 0.15) is 0 Å². The van der Waals surface area contributed by atoms with E-state index in [9.17, 15) is 4.79 Å². The third kappa shape index (κ3) is 3.56. The van der Waals surface area contributed by atoms with Crippen LogP contribution >= 0.6 is 0 Å². The summed E-state index contributed by atoms with van der Waals surface area (Å²) in [5.41, 5.74) is 9.73. The smallest absolute Gasteiger partial charge is 0.337 e. The lowest BCUT2D eigenvalue weighted by molar-refractivity contribution is 0.0600. The molecule has 0 bridgehead atoms. The Morgan fingerprint density at radius 3 is 2.41 bits per heavy atom. The molecular weight excluding hydrogens is 214 g/mol. The van der Waals surface area contributed by atoms with Crippen LogP contribution in [0, 0.1) is 13.8 Å². The van der Waals surface area contributed by atoms with E-state index in [4.69, 9.17) is 10.5 Å². The Kier molecular flexibility index (Phi) is 3.94. The first-order valence-electron chi connectivity index (χ1n) is 5.72. The van der Waals surface area contributed by atoms with E-state index in [0.29, 0.717) is 5.56 Å². The van der Waals surface area contributed by atoms with Crippen LogP contribution in [0.1, 0.15) is 40.9 Å². The molecule has 3 nitrogen and oxygen atoms in total. The fourth-order valence-corrected chi connectivity index (χ4v) is 1.84. The maximum absolute atomic E-state index is 11.5. The van der Waals surface area contributed by atoms with Crippen molar-refractivity contribution in [3.8, 4) is 0 Å². The molecule has 0 saturated heterocycles. The van der Waals surface area contributed by atoms with E-state index in [1.807, 2.05) is 32.9 Å². The van der Waals surface area contributed by atoms with Gasteiger partial charge in [-0.1, -0.05) is 0 Å². The summed E-state index contributed by atoms with van der Waals surface area (Å²) in [4.78, 5) is 11.5. The Hall–Kier alpha value is -1.35. The highest BCUT2D eigenvalue weighted by molar-refractivity contribution is 5.90. The van der Waals surface area contributed by atoms with Crippen molar-refractivity contribution in [2.24, 2.45) is 5.73 Å². The number of carbonyl (C=O) groups is 1. The Labute approximate surface area is 103 Å². The molecule has 94 valence electrons. The molecule has 1 rings (SSSR count). The summed E-state index contributed by atoms with van der Waals surface area (Å²) in [6.07, 6.45) is 0.741. The van der Waals surface area contributed by atoms with Gasteiger partial charge >= 0.3 is 5.97 Å². The van der Waals surface area contributed by atoms with E-state index in [2.05, 4.69) is 6.92 Å². The van der Waals surface area contributed by atoms with Crippen molar-refractivity contribution in [3.63, 3.8) is 0 Å². The summed E-state index contributed by atoms with van der Waals surface area (Å²) < 4.78 is 4.75. The second kappa shape index (κ2) is 4.88. The van der Waals surface area contributed by atoms with Crippen LogP contribution in [-0.2, 0) is 11.2 Å². The van der Waals surface area contributed by atoms with Gasteiger partial charge in [0.05, 0.1) is 12.7 Å². The fraction of sp³-hybridized carbons (Fsp3) is 0.500. The first-order chi connectivity index (χ1) is 7.74. The summed E-state index contributed by atoms with van der Waals surface area (Å²) in [5, 5.41) is 0. The molecular formula is C14H21NO2. The number of hydrogen-bond acceptors (Lipinski definition) is 3. The third-order valence-electron chi connectivity index (χ3n) is 2.84. The molecule has 2 N–H and O–H groups in total. The summed E-state index contributed by atoms with van der Waals surface area (Å²) >= 11 is 0. The zero-order valence-electron chi connectivity index (χ0n) is 11.3. The second-order valence-electron chi connectivity index (χ2n) is 5.23. The first-order valence-corrected chi connectivity index (χ1v) is 5.72. The van der Waals surface area contributed by atoms with Crippen molar-refractivity contribution >= 4 is 5.97 Å². The molecule has 0 aliphatic heterocycles. The van der Waals surface area contributed by atoms with Gasteiger partial charge in [0.25, 0.3) is 0 Å². The van der Waals surface area contributed by atoms with Gasteiger partial charge in [0, 0.05) is 5.54 Å². The molecule has 0 aromatic heterocycles. The highest BCUT2D eigenvalue weighted by Gasteiger charge is 2.16. The number of rotatable bonds is 3. The predicted octanol–water partition coefficient (Wildman–Crippen LogP) is 2.37. The Morgan fingerprint density at radius 2 is 1.94 bits per heavy atom. The lowest BCUT2D eigenvalue weighted by Crippen LogP contribution is -2.34. The van der Waals surface area contributed by atoms with Crippen LogP contribution in [0.2, 0.25) is 0 Å². The van der Waals surface area contributed by atoms with E-state index in [1.54, 1.807) is 0 Å². The fourth-order valence-electron chi connectivity index (χ4n) is 1.84. The van der Waals surface area contributed by atoms with E-state index in [0.717, 1.165) is 17.5 Å². The maximum atomic E-state index is 11.5. The highest BCUT2D eigenvalue weighted by Crippen LogP contribution is 2.20. The van der Waals surface area contributed by atoms with Gasteiger partial charge in [-0.3, -0.25) is 0 Å². The van der Waals surface area contributed by atoms with Crippen molar-refractivity contribution in [3.05, 3.63) is 34.4 Å². The van der Waals surface area contributed by atoms with Gasteiger partial charge < -0.3 is 10.5 Å². The van der Waals surface area contributed by atoms with Crippen LogP contribution in [0.5, 0.6) is 0 Å². The number of ether oxygens (including phenoxy) is 1. The zero-order valence-corrected chi connectivity index (χ0v) is 11.3. The van der Waals surface area contributed by atoms with Crippen molar-refractivity contribution in [2.75, 3.05) is 7.11 Å². The number of carbonyl (C=O) groups excluding carboxylic acids is 1. The molecule has 0 unspecified atom stereocenters. The largest absolute Gasteiger partial charge is 0.465 e. The van der Waals surface area contributed by atoms with Crippen molar-refractivity contribution < 1.29 is 9.53 Å². The molecule has 0 spiro atoms. The average Bonchev–Trinajstić information content (AvgIpc) is 2.21. The highest BCUT2D eigenvalue weighted by atomic mass is 16.5. The van der Waals surface area contributed by atoms with Crippen molar-refractivity contribution in [1.29, 1.82) is 0 Å². The molecule has 17 heavy (non-hydrogen) atoms. The van der Waals surface area contributed by atoms with E-state index in [1.165, 1.54) is 12.7 Å². The molecule has 0 aliphatic rings. The van der Waals surface area contributed by atoms with Crippen LogP contribution in [-0.4, -0.2) is 18.6 Å². The summed E-state index contributed by atoms with van der Waals surface area (Å²) in [6.45, 7) is 8.01. The molecule has 1 aromatic rings. The Bertz CT molecular complexity index is 431. The zero-order chi connectivity index (χ0) is 13.2. The molecule has 3 heteroatoms. The molecule has 0 aliphatic carbocycles. The van der Waals surface area contributed by atoms with Crippen LogP contribution in [0.25, 0.3) is 0 Å². The monoisotopic (exact) mass is 235 g/mol. The number of methoxy groups -OCH3 is 1. The number of aryl methyl sites for hydroxylation is 1. The van der Waals surface area contributed by atoms with Gasteiger partial charge in [-0.05, 0) is 62.9 Å². The van der Waals surface area contributed by atoms with Crippen LogP contribution in [0.4, 0.5) is 0 Å². The Morgan fingerprint density at radius 1 is 1.35 bits per heavy atom. The molecule has 0 amide bonds. The van der Waals surface area contributed by atoms with Crippen LogP contribution in [0.3, 0.4) is 0 Å². The van der Waals surface area contributed by atoms with Gasteiger partial charge in [0.15, 0.2) is 0 Å². The number of benzene rings is 1. The summed E-state index contributed by atoms with van der Waals surface area (Å²) in [5.74, 6) is -0.302. The minimum Gasteiger partial charge on any atom is -0.465 e. The maximum Gasteiger partial charge on any atom is 0.337 e. The number of hydrogen-bond donors (Lipinski definition) is 1. The normalized spacial score (nSPS) is 11.4. The number of nitrogens with two attached hydrogens (primary N) is 1. The SMILES string of the molecule is COC(=O)c1cc(C)c(C)c(CC(C)(C)N)c1. The second-order valence-corrected chi connectivity index (χ2v) is 5.23. The summed E-state index contributed by atoms with van der Waals surface area (Å²) in [6, 6.07) is 3.73. The molecule has 1 aromatic carbocycles. The first kappa shape index (κ1) is 13.7. The summed E-state index contributed by atoms with van der Waals surface area (Å²) in [7, 11) is 1.39. The standard InChI is InChI=1S/C14H21NO2/c1-9-6-11(13(16)17-5)7-12(10(9)2)8-14(3,4)15/h6-7H,8,15H2,1-5H3. The van der Waals surface area contributed by atoms with Crippen molar-refractivity contribution in [2.45, 2.75) is 39.7 Å². The lowest BCUT2D eigenvalue weighted by atomic mass is 9.90. The van der Waals surface area contributed by atoms with Gasteiger partial charge in [-0.15, -0.1) is 0 Å². The van der Waals surface area contributed by atoms with Crippen LogP contribution < -0.4 is 5.73 Å². The minimum absolute atomic E-state index is 0.286. The van der Waals surface area contributed by atoms with Gasteiger partial charge in [-0.2, -0.15) is 0 Å². The molecule has 0 heterocycles. The van der Waals surface area contributed by atoms with Gasteiger partial charge in [-0.25, -0.2) is 4.79 Å².